The monoisotopic (exact) mass is 456 g/mol. The highest BCUT2D eigenvalue weighted by atomic mass is 35.5. The predicted molar refractivity (Wildman–Crippen MR) is 121 cm³/mol. The Balaban J connectivity index is 1.52. The Morgan fingerprint density at radius 1 is 0.968 bits per heavy atom. The zero-order chi connectivity index (χ0) is 21.4. The molecule has 31 heavy (non-hydrogen) atoms. The lowest BCUT2D eigenvalue weighted by Crippen LogP contribution is -2.42. The van der Waals surface area contributed by atoms with E-state index < -0.39 is 0 Å². The van der Waals surface area contributed by atoms with E-state index in [1.165, 1.54) is 0 Å². The number of carbonyl (C=O) groups excluding carboxylic acids is 1. The van der Waals surface area contributed by atoms with E-state index in [0.29, 0.717) is 22.3 Å². The second-order valence-corrected chi connectivity index (χ2v) is 8.65. The third-order valence-corrected chi connectivity index (χ3v) is 6.43. The van der Waals surface area contributed by atoms with Crippen LogP contribution in [0.4, 0.5) is 0 Å². The quantitative estimate of drug-likeness (QED) is 0.622. The summed E-state index contributed by atoms with van der Waals surface area (Å²) in [5.41, 5.74) is 4.15. The number of amides is 1. The van der Waals surface area contributed by atoms with E-state index in [4.69, 9.17) is 27.9 Å². The van der Waals surface area contributed by atoms with Crippen molar-refractivity contribution in [2.24, 2.45) is 0 Å². The largest absolute Gasteiger partial charge is 0.379 e. The van der Waals surface area contributed by atoms with Crippen LogP contribution in [-0.4, -0.2) is 65.3 Å². The maximum atomic E-state index is 13.4. The second-order valence-electron chi connectivity index (χ2n) is 7.77. The summed E-state index contributed by atoms with van der Waals surface area (Å²) in [5, 5.41) is 8.82. The predicted octanol–water partition coefficient (Wildman–Crippen LogP) is 4.26. The summed E-state index contributed by atoms with van der Waals surface area (Å²) in [5.74, 6) is -0.0316. The fraction of sp³-hybridized carbons (Fsp3) is 0.304. The molecule has 1 amide bonds. The number of carbonyl (C=O) groups is 1. The molecule has 0 aliphatic carbocycles. The van der Waals surface area contributed by atoms with Crippen molar-refractivity contribution in [1.82, 2.24) is 20.0 Å². The summed E-state index contributed by atoms with van der Waals surface area (Å²) < 4.78 is 5.45. The molecule has 1 unspecified atom stereocenters. The van der Waals surface area contributed by atoms with Crippen LogP contribution in [0, 0.1) is 0 Å². The Labute approximate surface area is 190 Å². The van der Waals surface area contributed by atoms with Crippen molar-refractivity contribution in [1.29, 1.82) is 0 Å². The summed E-state index contributed by atoms with van der Waals surface area (Å²) in [6, 6.07) is 15.0. The van der Waals surface area contributed by atoms with Crippen LogP contribution in [0.3, 0.4) is 0 Å². The van der Waals surface area contributed by atoms with Crippen LogP contribution in [0.15, 0.2) is 48.5 Å². The Morgan fingerprint density at radius 2 is 1.61 bits per heavy atom. The average Bonchev–Trinajstić information content (AvgIpc) is 3.33. The molecule has 5 rings (SSSR count). The Kier molecular flexibility index (Phi) is 5.71. The minimum absolute atomic E-state index is 0.0316. The molecule has 6 nitrogen and oxygen atoms in total. The van der Waals surface area contributed by atoms with Crippen LogP contribution >= 0.6 is 23.2 Å². The molecule has 2 aliphatic heterocycles. The zero-order valence-corrected chi connectivity index (χ0v) is 18.4. The number of H-pyrrole nitrogens is 1. The van der Waals surface area contributed by atoms with Gasteiger partial charge in [-0.05, 0) is 29.8 Å². The molecule has 1 aromatic heterocycles. The molecule has 1 atom stereocenters. The molecule has 3 aromatic rings. The number of aromatic nitrogens is 2. The van der Waals surface area contributed by atoms with Crippen LogP contribution in [0.1, 0.15) is 27.7 Å². The first-order chi connectivity index (χ1) is 15.1. The molecule has 2 aromatic carbocycles. The molecule has 0 bridgehead atoms. The van der Waals surface area contributed by atoms with Crippen molar-refractivity contribution in [3.05, 3.63) is 75.4 Å². The van der Waals surface area contributed by atoms with Crippen molar-refractivity contribution in [2.45, 2.75) is 6.04 Å². The van der Waals surface area contributed by atoms with Gasteiger partial charge in [-0.1, -0.05) is 47.5 Å². The molecule has 3 heterocycles. The first-order valence-electron chi connectivity index (χ1n) is 10.3. The number of hydrogen-bond donors (Lipinski definition) is 1. The summed E-state index contributed by atoms with van der Waals surface area (Å²) in [4.78, 5) is 17.6. The summed E-state index contributed by atoms with van der Waals surface area (Å²) in [7, 11) is 0. The van der Waals surface area contributed by atoms with E-state index in [9.17, 15) is 4.79 Å². The highest BCUT2D eigenvalue weighted by Crippen LogP contribution is 2.42. The highest BCUT2D eigenvalue weighted by molar-refractivity contribution is 6.30. The molecule has 160 valence electrons. The van der Waals surface area contributed by atoms with E-state index in [-0.39, 0.29) is 11.9 Å². The maximum Gasteiger partial charge on any atom is 0.273 e. The summed E-state index contributed by atoms with van der Waals surface area (Å²) >= 11 is 12.2. The molecule has 0 spiro atoms. The topological polar surface area (TPSA) is 61.5 Å². The first kappa shape index (κ1) is 20.5. The minimum atomic E-state index is -0.231. The summed E-state index contributed by atoms with van der Waals surface area (Å²) in [6.07, 6.45) is 0. The Bertz CT molecular complexity index is 1080. The van der Waals surface area contributed by atoms with Crippen molar-refractivity contribution >= 4 is 29.1 Å². The van der Waals surface area contributed by atoms with Gasteiger partial charge in [0.15, 0.2) is 0 Å². The first-order valence-corrected chi connectivity index (χ1v) is 11.1. The average molecular weight is 457 g/mol. The fourth-order valence-corrected chi connectivity index (χ4v) is 4.57. The number of aromatic amines is 1. The lowest BCUT2D eigenvalue weighted by atomic mass is 9.96. The van der Waals surface area contributed by atoms with Gasteiger partial charge in [0.05, 0.1) is 24.9 Å². The van der Waals surface area contributed by atoms with Crippen molar-refractivity contribution in [3.8, 4) is 11.3 Å². The van der Waals surface area contributed by atoms with Crippen molar-refractivity contribution in [2.75, 3.05) is 39.4 Å². The van der Waals surface area contributed by atoms with Crippen molar-refractivity contribution < 1.29 is 9.53 Å². The molecule has 2 aliphatic rings. The number of benzene rings is 2. The van der Waals surface area contributed by atoms with Crippen molar-refractivity contribution in [3.63, 3.8) is 0 Å². The molecular formula is C23H22Cl2N4O2. The van der Waals surface area contributed by atoms with Gasteiger partial charge in [-0.25, -0.2) is 0 Å². The number of nitrogens with one attached hydrogen (secondary N) is 1. The van der Waals surface area contributed by atoms with Gasteiger partial charge in [0.2, 0.25) is 0 Å². The molecule has 0 radical (unpaired) electrons. The maximum absolute atomic E-state index is 13.4. The number of morpholine rings is 1. The molecule has 1 N–H and O–H groups in total. The second kappa shape index (κ2) is 8.63. The van der Waals surface area contributed by atoms with E-state index in [2.05, 4.69) is 15.1 Å². The Hall–Kier alpha value is -2.38. The smallest absolute Gasteiger partial charge is 0.273 e. The molecular weight excluding hydrogens is 435 g/mol. The third kappa shape index (κ3) is 3.96. The number of hydrogen-bond acceptors (Lipinski definition) is 4. The molecule has 1 saturated heterocycles. The lowest BCUT2D eigenvalue weighted by molar-refractivity contribution is 0.0316. The Morgan fingerprint density at radius 3 is 2.29 bits per heavy atom. The zero-order valence-electron chi connectivity index (χ0n) is 16.9. The van der Waals surface area contributed by atoms with Crippen LogP contribution in [0.5, 0.6) is 0 Å². The van der Waals surface area contributed by atoms with Gasteiger partial charge < -0.3 is 9.64 Å². The number of rotatable bonds is 5. The third-order valence-electron chi connectivity index (χ3n) is 5.93. The van der Waals surface area contributed by atoms with E-state index in [1.807, 2.05) is 53.4 Å². The van der Waals surface area contributed by atoms with Gasteiger partial charge >= 0.3 is 0 Å². The van der Waals surface area contributed by atoms with Gasteiger partial charge in [-0.2, -0.15) is 5.10 Å². The molecule has 1 fully saturated rings. The fourth-order valence-electron chi connectivity index (χ4n) is 4.32. The number of halogens is 2. The number of ether oxygens (including phenoxy) is 1. The molecule has 8 heteroatoms. The number of nitrogens with zero attached hydrogens (tertiary/aromatic N) is 3. The van der Waals surface area contributed by atoms with E-state index >= 15 is 0 Å². The summed E-state index contributed by atoms with van der Waals surface area (Å²) in [6.45, 7) is 4.66. The van der Waals surface area contributed by atoms with Gasteiger partial charge in [0.1, 0.15) is 5.69 Å². The van der Waals surface area contributed by atoms with Crippen LogP contribution in [0.2, 0.25) is 10.0 Å². The normalized spacial score (nSPS) is 19.1. The lowest BCUT2D eigenvalue weighted by Gasteiger charge is -2.31. The van der Waals surface area contributed by atoms with E-state index in [1.54, 1.807) is 0 Å². The number of fused-ring (bicyclic) bond motifs is 1. The van der Waals surface area contributed by atoms with Gasteiger partial charge in [0, 0.05) is 47.4 Å². The minimum Gasteiger partial charge on any atom is -0.379 e. The highest BCUT2D eigenvalue weighted by Gasteiger charge is 2.42. The van der Waals surface area contributed by atoms with Gasteiger partial charge in [-0.15, -0.1) is 0 Å². The SMILES string of the molecule is O=C1c2[nH]nc(-c3ccc(Cl)cc3)c2C(c2ccc(Cl)cc2)N1CCN1CCOCC1. The van der Waals surface area contributed by atoms with Gasteiger partial charge in [-0.3, -0.25) is 14.8 Å². The molecule has 0 saturated carbocycles. The van der Waals surface area contributed by atoms with E-state index in [0.717, 1.165) is 55.2 Å². The van der Waals surface area contributed by atoms with Crippen LogP contribution in [-0.2, 0) is 4.74 Å². The van der Waals surface area contributed by atoms with Crippen LogP contribution < -0.4 is 0 Å². The van der Waals surface area contributed by atoms with Crippen LogP contribution in [0.25, 0.3) is 11.3 Å². The van der Waals surface area contributed by atoms with Gasteiger partial charge in [0.25, 0.3) is 5.91 Å². The standard InChI is InChI=1S/C23H22Cl2N4O2/c24-17-5-1-15(2-6-17)20-19-21(27-26-20)23(30)29(10-9-28-11-13-31-14-12-28)22(19)16-3-7-18(25)8-4-16/h1-8,22H,9-14H2,(H,26,27).